The second-order valence-electron chi connectivity index (χ2n) is 8.03. The zero-order valence-electron chi connectivity index (χ0n) is 18.8. The van der Waals surface area contributed by atoms with Gasteiger partial charge in [0.25, 0.3) is 5.69 Å². The average molecular weight is 484 g/mol. The van der Waals surface area contributed by atoms with Gasteiger partial charge in [0, 0.05) is 29.5 Å². The SMILES string of the molecule is CC(=O)O[C@@H]1[C@@H](N=[N+]=[N-])[C@@H](OCCc2ccc([N+](=O)[O-])cc2)O[C@@H]2CO[C@H](c3ccccc3)O[C@H]12. The van der Waals surface area contributed by atoms with E-state index < -0.39 is 47.8 Å². The van der Waals surface area contributed by atoms with Crippen molar-refractivity contribution in [2.45, 2.75) is 50.3 Å². The summed E-state index contributed by atoms with van der Waals surface area (Å²) >= 11 is 0. The fourth-order valence-electron chi connectivity index (χ4n) is 4.06. The maximum Gasteiger partial charge on any atom is 0.303 e. The van der Waals surface area contributed by atoms with Crippen LogP contribution < -0.4 is 0 Å². The lowest BCUT2D eigenvalue weighted by Gasteiger charge is -2.47. The van der Waals surface area contributed by atoms with E-state index in [1.165, 1.54) is 19.1 Å². The molecule has 0 amide bonds. The molecule has 2 aromatic rings. The summed E-state index contributed by atoms with van der Waals surface area (Å²) in [6.45, 7) is 1.57. The third-order valence-electron chi connectivity index (χ3n) is 5.69. The molecule has 6 atom stereocenters. The number of non-ortho nitro benzene ring substituents is 1. The van der Waals surface area contributed by atoms with E-state index in [2.05, 4.69) is 10.0 Å². The molecule has 12 nitrogen and oxygen atoms in total. The minimum absolute atomic E-state index is 0.00456. The standard InChI is InChI=1S/C23H24N4O8/c1-14(28)33-21-19(25-26-24)23(31-12-11-15-7-9-17(10-8-15)27(29)30)34-18-13-32-22(35-20(18)21)16-5-3-2-4-6-16/h2-10,18-23H,11-13H2,1H3/t18-,19-,20+,21-,22+,23+/m1/s1. The van der Waals surface area contributed by atoms with Gasteiger partial charge in [0.1, 0.15) is 24.4 Å². The van der Waals surface area contributed by atoms with Gasteiger partial charge >= 0.3 is 5.97 Å². The minimum Gasteiger partial charge on any atom is -0.459 e. The van der Waals surface area contributed by atoms with Crippen molar-refractivity contribution in [2.75, 3.05) is 13.2 Å². The molecule has 0 radical (unpaired) electrons. The zero-order chi connectivity index (χ0) is 24.8. The molecule has 0 unspecified atom stereocenters. The number of hydrogen-bond donors (Lipinski definition) is 0. The molecule has 2 aliphatic heterocycles. The number of hydrogen-bond acceptors (Lipinski definition) is 9. The third kappa shape index (κ3) is 5.94. The van der Waals surface area contributed by atoms with Crippen molar-refractivity contribution in [3.8, 4) is 0 Å². The lowest BCUT2D eigenvalue weighted by molar-refractivity contribution is -0.384. The smallest absolute Gasteiger partial charge is 0.303 e. The van der Waals surface area contributed by atoms with Gasteiger partial charge in [-0.1, -0.05) is 47.6 Å². The van der Waals surface area contributed by atoms with E-state index in [1.54, 1.807) is 12.1 Å². The van der Waals surface area contributed by atoms with E-state index >= 15 is 0 Å². The molecule has 2 heterocycles. The van der Waals surface area contributed by atoms with Crippen molar-refractivity contribution < 1.29 is 33.4 Å². The van der Waals surface area contributed by atoms with Crippen LogP contribution in [0.2, 0.25) is 0 Å². The van der Waals surface area contributed by atoms with Crippen LogP contribution in [0.5, 0.6) is 0 Å². The lowest BCUT2D eigenvalue weighted by atomic mass is 9.96. The monoisotopic (exact) mass is 484 g/mol. The Morgan fingerprint density at radius 1 is 1.20 bits per heavy atom. The van der Waals surface area contributed by atoms with Crippen molar-refractivity contribution in [1.82, 2.24) is 0 Å². The topological polar surface area (TPSA) is 155 Å². The number of fused-ring (bicyclic) bond motifs is 1. The summed E-state index contributed by atoms with van der Waals surface area (Å²) in [7, 11) is 0. The number of nitro groups is 1. The molecule has 0 bridgehead atoms. The van der Waals surface area contributed by atoms with Gasteiger partial charge in [-0.15, -0.1) is 0 Å². The van der Waals surface area contributed by atoms with Gasteiger partial charge in [0.2, 0.25) is 0 Å². The first kappa shape index (κ1) is 24.6. The summed E-state index contributed by atoms with van der Waals surface area (Å²) in [5, 5.41) is 14.6. The van der Waals surface area contributed by atoms with Crippen LogP contribution in [-0.4, -0.2) is 54.8 Å². The Labute approximate surface area is 200 Å². The fourth-order valence-corrected chi connectivity index (χ4v) is 4.06. The molecular formula is C23H24N4O8. The summed E-state index contributed by atoms with van der Waals surface area (Å²) in [6.07, 6.45) is -3.63. The van der Waals surface area contributed by atoms with Crippen LogP contribution in [0.3, 0.4) is 0 Å². The molecule has 4 rings (SSSR count). The van der Waals surface area contributed by atoms with Gasteiger partial charge in [0.05, 0.1) is 18.1 Å². The van der Waals surface area contributed by atoms with Crippen LogP contribution in [0.1, 0.15) is 24.3 Å². The number of benzene rings is 2. The highest BCUT2D eigenvalue weighted by Gasteiger charge is 2.52. The van der Waals surface area contributed by atoms with Gasteiger partial charge in [0.15, 0.2) is 12.6 Å². The molecule has 2 fully saturated rings. The molecule has 184 valence electrons. The normalized spacial score (nSPS) is 27.8. The van der Waals surface area contributed by atoms with Crippen molar-refractivity contribution in [2.24, 2.45) is 5.11 Å². The predicted molar refractivity (Wildman–Crippen MR) is 120 cm³/mol. The quantitative estimate of drug-likeness (QED) is 0.137. The Hall–Kier alpha value is -3.54. The zero-order valence-corrected chi connectivity index (χ0v) is 18.8. The lowest BCUT2D eigenvalue weighted by Crippen LogP contribution is -2.62. The molecule has 0 saturated carbocycles. The van der Waals surface area contributed by atoms with Gasteiger partial charge in [-0.25, -0.2) is 0 Å². The number of nitro benzene ring substituents is 1. The van der Waals surface area contributed by atoms with Crippen molar-refractivity contribution in [3.63, 3.8) is 0 Å². The van der Waals surface area contributed by atoms with Gasteiger partial charge in [-0.2, -0.15) is 0 Å². The van der Waals surface area contributed by atoms with Crippen LogP contribution in [-0.2, 0) is 34.9 Å². The molecule has 2 aliphatic rings. The number of esters is 1. The Morgan fingerprint density at radius 2 is 1.94 bits per heavy atom. The molecular weight excluding hydrogens is 460 g/mol. The molecule has 0 spiro atoms. The highest BCUT2D eigenvalue weighted by atomic mass is 16.8. The Kier molecular flexibility index (Phi) is 7.91. The summed E-state index contributed by atoms with van der Waals surface area (Å²) in [4.78, 5) is 25.1. The largest absolute Gasteiger partial charge is 0.459 e. The van der Waals surface area contributed by atoms with Crippen LogP contribution >= 0.6 is 0 Å². The van der Waals surface area contributed by atoms with Gasteiger partial charge < -0.3 is 23.7 Å². The van der Waals surface area contributed by atoms with Crippen LogP contribution in [0, 0.1) is 10.1 Å². The van der Waals surface area contributed by atoms with E-state index in [-0.39, 0.29) is 18.9 Å². The Bertz CT molecular complexity index is 1080. The first-order valence-electron chi connectivity index (χ1n) is 11.0. The molecule has 0 aromatic heterocycles. The molecule has 0 aliphatic carbocycles. The summed E-state index contributed by atoms with van der Waals surface area (Å²) in [6, 6.07) is 14.4. The maximum atomic E-state index is 11.9. The summed E-state index contributed by atoms with van der Waals surface area (Å²) in [5.74, 6) is -0.565. The maximum absolute atomic E-state index is 11.9. The van der Waals surface area contributed by atoms with Crippen molar-refractivity contribution >= 4 is 11.7 Å². The molecule has 0 N–H and O–H groups in total. The number of carbonyl (C=O) groups excluding carboxylic acids is 1. The van der Waals surface area contributed by atoms with Crippen molar-refractivity contribution in [3.05, 3.63) is 86.3 Å². The average Bonchev–Trinajstić information content (AvgIpc) is 2.86. The number of carbonyl (C=O) groups is 1. The van der Waals surface area contributed by atoms with Gasteiger partial charge in [-0.3, -0.25) is 14.9 Å². The van der Waals surface area contributed by atoms with E-state index in [0.29, 0.717) is 6.42 Å². The second-order valence-corrected chi connectivity index (χ2v) is 8.03. The third-order valence-corrected chi connectivity index (χ3v) is 5.69. The molecule has 12 heteroatoms. The first-order chi connectivity index (χ1) is 17.0. The number of rotatable bonds is 8. The van der Waals surface area contributed by atoms with Crippen molar-refractivity contribution in [1.29, 1.82) is 0 Å². The number of ether oxygens (including phenoxy) is 5. The second kappa shape index (κ2) is 11.3. The molecule has 35 heavy (non-hydrogen) atoms. The molecule has 2 aromatic carbocycles. The fraction of sp³-hybridized carbons (Fsp3) is 0.435. The van der Waals surface area contributed by atoms with E-state index in [1.807, 2.05) is 30.3 Å². The van der Waals surface area contributed by atoms with Crippen LogP contribution in [0.15, 0.2) is 59.7 Å². The number of azide groups is 1. The first-order valence-corrected chi connectivity index (χ1v) is 11.0. The summed E-state index contributed by atoms with van der Waals surface area (Å²) < 4.78 is 29.4. The highest BCUT2D eigenvalue weighted by molar-refractivity contribution is 5.66. The van der Waals surface area contributed by atoms with E-state index in [9.17, 15) is 20.4 Å². The predicted octanol–water partition coefficient (Wildman–Crippen LogP) is 3.60. The van der Waals surface area contributed by atoms with Gasteiger partial charge in [-0.05, 0) is 17.5 Å². The highest BCUT2D eigenvalue weighted by Crippen LogP contribution is 2.36. The Morgan fingerprint density at radius 3 is 2.60 bits per heavy atom. The van der Waals surface area contributed by atoms with E-state index in [4.69, 9.17) is 23.7 Å². The van der Waals surface area contributed by atoms with E-state index in [0.717, 1.165) is 11.1 Å². The Balaban J connectivity index is 1.47. The van der Waals surface area contributed by atoms with Crippen LogP contribution in [0.4, 0.5) is 5.69 Å². The minimum atomic E-state index is -1.02. The molecule has 2 saturated heterocycles. The van der Waals surface area contributed by atoms with Crippen LogP contribution in [0.25, 0.3) is 10.4 Å². The number of nitrogens with zero attached hydrogens (tertiary/aromatic N) is 4. The summed E-state index contributed by atoms with van der Waals surface area (Å²) in [5.41, 5.74) is 10.8.